The number of nitrogens with one attached hydrogen (secondary N) is 3. The summed E-state index contributed by atoms with van der Waals surface area (Å²) in [5.41, 5.74) is 1.05. The number of hydrogen-bond donors (Lipinski definition) is 3. The number of rotatable bonds is 4. The van der Waals surface area contributed by atoms with E-state index in [1.807, 2.05) is 6.07 Å². The normalized spacial score (nSPS) is 17.0. The first-order chi connectivity index (χ1) is 12.5. The zero-order chi connectivity index (χ0) is 18.7. The van der Waals surface area contributed by atoms with Crippen LogP contribution in [0, 0.1) is 17.1 Å². The van der Waals surface area contributed by atoms with Crippen LogP contribution in [-0.2, 0) is 4.79 Å². The Bertz CT molecular complexity index is 914. The third-order valence-corrected chi connectivity index (χ3v) is 4.12. The standard InChI is InChI=1S/C17H13ClFN5O2/c18-11-6-9(4-5-12(11)19)15(13-3-1-2-10(7-20)22-13)24-16(25)14-8-21-17(26)23-14/h1-6,14-15H,8H2,(H,24,25)(H2,21,23,26)/t14-,15-/m0/s1. The summed E-state index contributed by atoms with van der Waals surface area (Å²) in [6, 6.07) is 8.80. The van der Waals surface area contributed by atoms with E-state index < -0.39 is 29.8 Å². The predicted octanol–water partition coefficient (Wildman–Crippen LogP) is 1.63. The van der Waals surface area contributed by atoms with E-state index in [0.29, 0.717) is 11.3 Å². The number of halogens is 2. The number of hydrogen-bond acceptors (Lipinski definition) is 4. The fraction of sp³-hybridized carbons (Fsp3) is 0.176. The number of benzene rings is 1. The second-order valence-corrected chi connectivity index (χ2v) is 5.99. The molecule has 1 aliphatic heterocycles. The van der Waals surface area contributed by atoms with Crippen molar-refractivity contribution in [2.24, 2.45) is 0 Å². The van der Waals surface area contributed by atoms with Crippen LogP contribution >= 0.6 is 11.6 Å². The third kappa shape index (κ3) is 3.73. The smallest absolute Gasteiger partial charge is 0.315 e. The van der Waals surface area contributed by atoms with Gasteiger partial charge >= 0.3 is 6.03 Å². The fourth-order valence-electron chi connectivity index (χ4n) is 2.55. The minimum absolute atomic E-state index is 0.103. The molecule has 1 aliphatic rings. The van der Waals surface area contributed by atoms with E-state index in [9.17, 15) is 14.0 Å². The second-order valence-electron chi connectivity index (χ2n) is 5.58. The molecule has 1 aromatic heterocycles. The molecule has 1 saturated heterocycles. The van der Waals surface area contributed by atoms with Crippen molar-refractivity contribution in [2.75, 3.05) is 6.54 Å². The lowest BCUT2D eigenvalue weighted by molar-refractivity contribution is -0.122. The van der Waals surface area contributed by atoms with Gasteiger partial charge in [-0.15, -0.1) is 0 Å². The molecular weight excluding hydrogens is 361 g/mol. The Morgan fingerprint density at radius 1 is 1.42 bits per heavy atom. The van der Waals surface area contributed by atoms with Crippen LogP contribution in [0.3, 0.4) is 0 Å². The zero-order valence-electron chi connectivity index (χ0n) is 13.3. The summed E-state index contributed by atoms with van der Waals surface area (Å²) in [6.07, 6.45) is 0. The van der Waals surface area contributed by atoms with Crippen LogP contribution in [0.4, 0.5) is 9.18 Å². The van der Waals surface area contributed by atoms with E-state index in [2.05, 4.69) is 20.9 Å². The van der Waals surface area contributed by atoms with Gasteiger partial charge in [0.1, 0.15) is 23.6 Å². The maximum Gasteiger partial charge on any atom is 0.315 e. The highest BCUT2D eigenvalue weighted by Crippen LogP contribution is 2.25. The van der Waals surface area contributed by atoms with E-state index in [-0.39, 0.29) is 17.3 Å². The van der Waals surface area contributed by atoms with Crippen LogP contribution in [0.5, 0.6) is 0 Å². The predicted molar refractivity (Wildman–Crippen MR) is 90.7 cm³/mol. The van der Waals surface area contributed by atoms with Gasteiger partial charge in [0.25, 0.3) is 0 Å². The summed E-state index contributed by atoms with van der Waals surface area (Å²) >= 11 is 5.86. The first-order valence-corrected chi connectivity index (χ1v) is 8.02. The van der Waals surface area contributed by atoms with E-state index in [1.165, 1.54) is 24.3 Å². The van der Waals surface area contributed by atoms with Crippen LogP contribution in [0.1, 0.15) is 23.0 Å². The summed E-state index contributed by atoms with van der Waals surface area (Å²) in [6.45, 7) is 0.146. The van der Waals surface area contributed by atoms with Gasteiger partial charge in [-0.2, -0.15) is 5.26 Å². The average Bonchev–Trinajstić information content (AvgIpc) is 3.08. The largest absolute Gasteiger partial charge is 0.342 e. The summed E-state index contributed by atoms with van der Waals surface area (Å²) in [5.74, 6) is -1.04. The minimum atomic E-state index is -0.772. The molecule has 132 valence electrons. The van der Waals surface area contributed by atoms with Gasteiger partial charge < -0.3 is 16.0 Å². The van der Waals surface area contributed by atoms with Gasteiger partial charge in [-0.3, -0.25) is 4.79 Å². The van der Waals surface area contributed by atoms with Gasteiger partial charge in [-0.05, 0) is 29.8 Å². The highest BCUT2D eigenvalue weighted by Gasteiger charge is 2.29. The van der Waals surface area contributed by atoms with Gasteiger partial charge in [0.15, 0.2) is 0 Å². The Morgan fingerprint density at radius 2 is 2.23 bits per heavy atom. The molecule has 3 rings (SSSR count). The van der Waals surface area contributed by atoms with Crippen LogP contribution in [-0.4, -0.2) is 29.5 Å². The van der Waals surface area contributed by atoms with Crippen LogP contribution in [0.2, 0.25) is 5.02 Å². The molecule has 1 aromatic carbocycles. The molecule has 7 nitrogen and oxygen atoms in total. The van der Waals surface area contributed by atoms with E-state index in [0.717, 1.165) is 0 Å². The Labute approximate surface area is 153 Å². The fourth-order valence-corrected chi connectivity index (χ4v) is 2.74. The molecule has 26 heavy (non-hydrogen) atoms. The Balaban J connectivity index is 1.95. The molecule has 9 heteroatoms. The molecular formula is C17H13ClFN5O2. The van der Waals surface area contributed by atoms with Crippen LogP contribution < -0.4 is 16.0 Å². The lowest BCUT2D eigenvalue weighted by atomic mass is 10.0. The monoisotopic (exact) mass is 373 g/mol. The molecule has 2 heterocycles. The third-order valence-electron chi connectivity index (χ3n) is 3.83. The van der Waals surface area contributed by atoms with Crippen molar-refractivity contribution >= 4 is 23.5 Å². The van der Waals surface area contributed by atoms with Crippen molar-refractivity contribution in [3.63, 3.8) is 0 Å². The highest BCUT2D eigenvalue weighted by molar-refractivity contribution is 6.30. The maximum absolute atomic E-state index is 13.5. The van der Waals surface area contributed by atoms with Crippen molar-refractivity contribution in [1.29, 1.82) is 5.26 Å². The number of amides is 3. The van der Waals surface area contributed by atoms with Gasteiger partial charge in [-0.1, -0.05) is 23.7 Å². The summed E-state index contributed by atoms with van der Waals surface area (Å²) in [7, 11) is 0. The Hall–Kier alpha value is -3.18. The van der Waals surface area contributed by atoms with Crippen molar-refractivity contribution in [1.82, 2.24) is 20.9 Å². The van der Waals surface area contributed by atoms with Crippen molar-refractivity contribution in [2.45, 2.75) is 12.1 Å². The van der Waals surface area contributed by atoms with Gasteiger partial charge in [0.05, 0.1) is 16.8 Å². The van der Waals surface area contributed by atoms with E-state index in [4.69, 9.17) is 16.9 Å². The van der Waals surface area contributed by atoms with Crippen molar-refractivity contribution < 1.29 is 14.0 Å². The van der Waals surface area contributed by atoms with Gasteiger partial charge in [0, 0.05) is 6.54 Å². The number of carbonyl (C=O) groups excluding carboxylic acids is 2. The minimum Gasteiger partial charge on any atom is -0.342 e. The molecule has 2 atom stereocenters. The average molecular weight is 374 g/mol. The topological polar surface area (TPSA) is 107 Å². The molecule has 0 radical (unpaired) electrons. The second kappa shape index (κ2) is 7.37. The van der Waals surface area contributed by atoms with Crippen LogP contribution in [0.15, 0.2) is 36.4 Å². The maximum atomic E-state index is 13.5. The zero-order valence-corrected chi connectivity index (χ0v) is 14.0. The van der Waals surface area contributed by atoms with Gasteiger partial charge in [-0.25, -0.2) is 14.2 Å². The molecule has 0 spiro atoms. The molecule has 1 fully saturated rings. The SMILES string of the molecule is N#Cc1cccc([C@@H](NC(=O)[C@@H]2CNC(=O)N2)c2ccc(F)c(Cl)c2)n1. The molecule has 0 aliphatic carbocycles. The number of pyridine rings is 1. The lowest BCUT2D eigenvalue weighted by Crippen LogP contribution is -2.44. The van der Waals surface area contributed by atoms with E-state index in [1.54, 1.807) is 12.1 Å². The number of urea groups is 1. The van der Waals surface area contributed by atoms with E-state index >= 15 is 0 Å². The molecule has 0 saturated carbocycles. The first kappa shape index (κ1) is 17.6. The lowest BCUT2D eigenvalue weighted by Gasteiger charge is -2.21. The Kier molecular flexibility index (Phi) is 5.00. The quantitative estimate of drug-likeness (QED) is 0.757. The molecule has 3 amide bonds. The van der Waals surface area contributed by atoms with Crippen molar-refractivity contribution in [3.8, 4) is 6.07 Å². The number of nitrogens with zero attached hydrogens (tertiary/aromatic N) is 2. The summed E-state index contributed by atoms with van der Waals surface area (Å²) in [5, 5.41) is 16.7. The molecule has 2 aromatic rings. The Morgan fingerprint density at radius 3 is 2.88 bits per heavy atom. The first-order valence-electron chi connectivity index (χ1n) is 7.64. The molecule has 3 N–H and O–H groups in total. The number of carbonyl (C=O) groups is 2. The molecule has 0 bridgehead atoms. The van der Waals surface area contributed by atoms with Crippen molar-refractivity contribution in [3.05, 3.63) is 64.2 Å². The highest BCUT2D eigenvalue weighted by atomic mass is 35.5. The number of nitriles is 1. The molecule has 0 unspecified atom stereocenters. The van der Waals surface area contributed by atoms with Gasteiger partial charge in [0.2, 0.25) is 5.91 Å². The van der Waals surface area contributed by atoms with Crippen LogP contribution in [0.25, 0.3) is 0 Å². The summed E-state index contributed by atoms with van der Waals surface area (Å²) < 4.78 is 13.5. The summed E-state index contributed by atoms with van der Waals surface area (Å²) in [4.78, 5) is 27.9. The number of aromatic nitrogens is 1.